The maximum absolute atomic E-state index is 14.7. The summed E-state index contributed by atoms with van der Waals surface area (Å²) in [6, 6.07) is 6.02. The number of aromatic nitrogens is 3. The monoisotopic (exact) mass is 1010 g/mol. The van der Waals surface area contributed by atoms with Crippen LogP contribution in [0.3, 0.4) is 0 Å². The van der Waals surface area contributed by atoms with Gasteiger partial charge in [0, 0.05) is 76.1 Å². The number of ether oxygens (including phenoxy) is 4. The highest BCUT2D eigenvalue weighted by Gasteiger charge is 2.40. The number of rotatable bonds is 21. The predicted molar refractivity (Wildman–Crippen MR) is 261 cm³/mol. The molecule has 4 aromatic heterocycles. The minimum atomic E-state index is -1.16. The smallest absolute Gasteiger partial charge is 0.271 e. The summed E-state index contributed by atoms with van der Waals surface area (Å²) in [5, 5.41) is 14.9. The van der Waals surface area contributed by atoms with Gasteiger partial charge in [-0.2, -0.15) is 0 Å². The number of piperidine rings is 1. The van der Waals surface area contributed by atoms with Crippen LogP contribution in [0.5, 0.6) is 11.6 Å². The average molecular weight is 1010 g/mol. The summed E-state index contributed by atoms with van der Waals surface area (Å²) in [6.07, 6.45) is 8.45. The zero-order valence-corrected chi connectivity index (χ0v) is 41.7. The number of nitrogens with one attached hydrogen (secondary N) is 3. The highest BCUT2D eigenvalue weighted by atomic mass is 32.1. The molecule has 3 aliphatic rings. The lowest BCUT2D eigenvalue weighted by molar-refractivity contribution is -0.142. The summed E-state index contributed by atoms with van der Waals surface area (Å²) < 4.78 is 60.7. The summed E-state index contributed by atoms with van der Waals surface area (Å²) in [5.41, 5.74) is 0.996. The number of aryl methyl sites for hydroxylation is 1. The molecule has 18 nitrogen and oxygen atoms in total. The first-order valence-corrected chi connectivity index (χ1v) is 25.6. The van der Waals surface area contributed by atoms with Crippen LogP contribution in [0.4, 0.5) is 8.78 Å². The molecule has 0 spiro atoms. The molecule has 4 amide bonds. The lowest BCUT2D eigenvalue weighted by Crippen LogP contribution is -2.62. The first kappa shape index (κ1) is 51.6. The highest BCUT2D eigenvalue weighted by Crippen LogP contribution is 2.33. The van der Waals surface area contributed by atoms with Crippen molar-refractivity contribution >= 4 is 56.1 Å². The van der Waals surface area contributed by atoms with Crippen molar-refractivity contribution in [2.24, 2.45) is 13.0 Å². The number of fused-ring (bicyclic) bond motifs is 2. The molecule has 1 aromatic carbocycles. The van der Waals surface area contributed by atoms with E-state index in [4.69, 9.17) is 23.5 Å². The van der Waals surface area contributed by atoms with E-state index in [2.05, 4.69) is 31.0 Å². The third kappa shape index (κ3) is 12.5. The Balaban J connectivity index is 0.762. The molecule has 0 unspecified atom stereocenters. The van der Waals surface area contributed by atoms with Gasteiger partial charge >= 0.3 is 0 Å². The quantitative estimate of drug-likeness (QED) is 0.0805. The predicted octanol–water partition coefficient (Wildman–Crippen LogP) is 5.29. The van der Waals surface area contributed by atoms with E-state index in [1.165, 1.54) is 11.6 Å². The van der Waals surface area contributed by atoms with E-state index in [-0.39, 0.29) is 105 Å². The minimum absolute atomic E-state index is 0.00377. The van der Waals surface area contributed by atoms with Crippen LogP contribution in [-0.2, 0) is 32.7 Å². The van der Waals surface area contributed by atoms with Crippen molar-refractivity contribution in [3.8, 4) is 11.6 Å². The minimum Gasteiger partial charge on any atom is -0.489 e. The topological polar surface area (TPSA) is 195 Å². The van der Waals surface area contributed by atoms with Gasteiger partial charge in [0.2, 0.25) is 11.8 Å². The number of likely N-dealkylation sites (N-methyl/N-ethyl adjacent to an activating group) is 1. The van der Waals surface area contributed by atoms with Gasteiger partial charge in [-0.05, 0) is 81.2 Å². The molecule has 3 fully saturated rings. The number of benzene rings is 1. The fourth-order valence-electron chi connectivity index (χ4n) is 9.78. The van der Waals surface area contributed by atoms with E-state index in [0.29, 0.717) is 18.2 Å². The van der Waals surface area contributed by atoms with Crippen molar-refractivity contribution < 1.29 is 51.4 Å². The number of carbonyl (C=O) groups is 4. The van der Waals surface area contributed by atoms with Gasteiger partial charge in [0.25, 0.3) is 17.7 Å². The van der Waals surface area contributed by atoms with Crippen LogP contribution in [0.25, 0.3) is 21.1 Å². The molecule has 0 radical (unpaired) electrons. The molecule has 21 heteroatoms. The molecule has 1 saturated carbocycles. The van der Waals surface area contributed by atoms with Crippen LogP contribution >= 0.6 is 11.3 Å². The van der Waals surface area contributed by atoms with Crippen LogP contribution in [0, 0.1) is 17.6 Å². The second-order valence-corrected chi connectivity index (χ2v) is 19.5. The molecule has 0 bridgehead atoms. The Bertz CT molecular complexity index is 2630. The third-order valence-corrected chi connectivity index (χ3v) is 14.7. The normalized spacial score (nSPS) is 18.2. The number of pyridine rings is 1. The number of hydrogen-bond donors (Lipinski definition) is 3. The largest absolute Gasteiger partial charge is 0.489 e. The molecule has 6 heterocycles. The van der Waals surface area contributed by atoms with Crippen LogP contribution < -0.4 is 25.4 Å². The number of nitrogens with zero attached hydrogens (tertiary/aromatic N) is 6. The Kier molecular flexibility index (Phi) is 17.5. The molecular weight excluding hydrogens is 941 g/mol. The number of piperazine rings is 1. The Morgan fingerprint density at radius 3 is 2.44 bits per heavy atom. The zero-order chi connectivity index (χ0) is 50.0. The van der Waals surface area contributed by atoms with E-state index in [1.54, 1.807) is 47.4 Å². The molecule has 5 aromatic rings. The lowest BCUT2D eigenvalue weighted by Gasteiger charge is -2.43. The van der Waals surface area contributed by atoms with E-state index in [1.807, 2.05) is 24.4 Å². The van der Waals surface area contributed by atoms with E-state index in [9.17, 15) is 28.0 Å². The molecule has 71 heavy (non-hydrogen) atoms. The number of carbonyl (C=O) groups excluding carboxylic acids is 4. The molecular formula is C50H65F2N9O9S. The molecule has 2 aliphatic heterocycles. The molecule has 3 atom stereocenters. The summed E-state index contributed by atoms with van der Waals surface area (Å²) in [6.45, 7) is 7.60. The van der Waals surface area contributed by atoms with Crippen molar-refractivity contribution in [2.75, 3.05) is 79.4 Å². The molecule has 2 saturated heterocycles. The van der Waals surface area contributed by atoms with Crippen LogP contribution in [0.15, 0.2) is 46.4 Å². The Labute approximate surface area is 415 Å². The second-order valence-electron chi connectivity index (χ2n) is 18.6. The molecule has 1 aliphatic carbocycles. The van der Waals surface area contributed by atoms with Crippen molar-refractivity contribution in [3.05, 3.63) is 70.6 Å². The number of hydrogen-bond acceptors (Lipinski definition) is 14. The van der Waals surface area contributed by atoms with Crippen molar-refractivity contribution in [1.29, 1.82) is 0 Å². The highest BCUT2D eigenvalue weighted by molar-refractivity contribution is 7.17. The summed E-state index contributed by atoms with van der Waals surface area (Å²) in [7, 11) is 3.22. The Morgan fingerprint density at radius 2 is 1.68 bits per heavy atom. The third-order valence-electron chi connectivity index (χ3n) is 13.8. The van der Waals surface area contributed by atoms with E-state index >= 15 is 0 Å². The number of amides is 4. The van der Waals surface area contributed by atoms with Crippen molar-refractivity contribution in [2.45, 2.75) is 89.6 Å². The first-order valence-electron chi connectivity index (χ1n) is 24.7. The Hall–Kier alpha value is -5.74. The van der Waals surface area contributed by atoms with Gasteiger partial charge in [-0.15, -0.1) is 11.3 Å². The van der Waals surface area contributed by atoms with Gasteiger partial charge in [-0.25, -0.2) is 8.78 Å². The lowest BCUT2D eigenvalue weighted by atomic mass is 9.83. The number of halogens is 2. The van der Waals surface area contributed by atoms with Crippen LogP contribution in [0.1, 0.15) is 85.4 Å². The fraction of sp³-hybridized carbons (Fsp3) is 0.560. The molecule has 384 valence electrons. The fourth-order valence-corrected chi connectivity index (χ4v) is 10.6. The van der Waals surface area contributed by atoms with Gasteiger partial charge in [0.15, 0.2) is 17.4 Å². The van der Waals surface area contributed by atoms with E-state index < -0.39 is 41.6 Å². The number of likely N-dealkylation sites (tertiary alicyclic amines) is 1. The SMILES string of the molecule is CN[C@@H](C)C(=O)N[C@H](C(=O)N1CCN(C(=O)c2c(C(=O)NCCOCCOCCOc3cc(CN4CCC(Oc5ccnc6ccsc56)CC4)on3)c3cc(F)c(F)cc3n2C)C[C@H]1C)C1CCCCC1. The van der Waals surface area contributed by atoms with Gasteiger partial charge in [-0.1, -0.05) is 19.3 Å². The summed E-state index contributed by atoms with van der Waals surface area (Å²) in [5.74, 6) is -1.91. The summed E-state index contributed by atoms with van der Waals surface area (Å²) >= 11 is 1.64. The van der Waals surface area contributed by atoms with Gasteiger partial charge < -0.3 is 53.8 Å². The zero-order valence-electron chi connectivity index (χ0n) is 40.9. The molecule has 8 rings (SSSR count). The Morgan fingerprint density at radius 1 is 0.930 bits per heavy atom. The standard InChI is InChI=1S/C50H65F2N9O9S/c1-31-29-60(18-19-61(31)49(64)44(33-8-6-5-7-9-33)56-47(62)32(2)53-3)50(65)45-43(36-27-37(51)38(52)28-40(36)58(45)4)48(63)55-15-20-66-21-22-67-23-24-68-42-26-35(70-57-42)30-59-16-11-34(12-17-59)69-41-10-14-54-39-13-25-71-46(39)41/h10,13-14,25-28,31-34,44,53H,5-9,11-12,15-24,29-30H2,1-4H3,(H,55,63)(H,56,62)/t31-,32+,44+/m1/s1. The van der Waals surface area contributed by atoms with Gasteiger partial charge in [0.1, 0.15) is 30.2 Å². The van der Waals surface area contributed by atoms with Crippen LogP contribution in [0.2, 0.25) is 0 Å². The maximum atomic E-state index is 14.7. The second kappa shape index (κ2) is 24.1. The molecule has 3 N–H and O–H groups in total. The summed E-state index contributed by atoms with van der Waals surface area (Å²) in [4.78, 5) is 65.4. The van der Waals surface area contributed by atoms with Gasteiger partial charge in [-0.3, -0.25) is 29.1 Å². The van der Waals surface area contributed by atoms with Gasteiger partial charge in [0.05, 0.1) is 60.3 Å². The first-order chi connectivity index (χ1) is 34.4. The maximum Gasteiger partial charge on any atom is 0.271 e. The van der Waals surface area contributed by atoms with Crippen molar-refractivity contribution in [3.63, 3.8) is 0 Å². The number of thiophene rings is 1. The average Bonchev–Trinajstić information content (AvgIpc) is 4.12. The van der Waals surface area contributed by atoms with E-state index in [0.717, 1.165) is 86.1 Å². The van der Waals surface area contributed by atoms with Crippen LogP contribution in [-0.4, -0.2) is 157 Å². The van der Waals surface area contributed by atoms with Crippen molar-refractivity contribution in [1.82, 2.24) is 45.4 Å².